The standard InChI is InChI=1S/C67H112N4O19S/c1-46(2)45-71-59(42-57(78)40-53(74)31-25-30-51(72)38-56(77)39-52(73)32-26-33-55(76)43-61(81)65(84)62(82)44-58(79)41-54(75)34-27-37-70-67(68)69)49(5)63(90-91(87,88)89)36-24-20-16-11-9-7-8-10-15-19-23-35-60(80)50(6)64(83)47(3)28-21-17-13-12-14-18-22-29-48(4)66(85)86/h7-12,14-16,18-26,28-29,31-32,35,46-47,49-65,71-84H,13,17,27,30,33-34,36-45H2,1-6H3,(H,85,86)(H4,68,69,70)(H,87,88,89). The number of aliphatic imine (C=N–C) groups is 1. The van der Waals surface area contributed by atoms with Crippen molar-refractivity contribution >= 4 is 22.3 Å². The molecule has 0 fully saturated rings. The molecule has 520 valence electrons. The highest BCUT2D eigenvalue weighted by atomic mass is 32.3. The first-order chi connectivity index (χ1) is 42.8. The van der Waals surface area contributed by atoms with E-state index in [1.54, 1.807) is 98.9 Å². The van der Waals surface area contributed by atoms with Crippen LogP contribution in [-0.4, -0.2) is 201 Å². The van der Waals surface area contributed by atoms with Gasteiger partial charge in [0.05, 0.1) is 79.4 Å². The molecule has 0 spiro atoms. The summed E-state index contributed by atoms with van der Waals surface area (Å²) in [6.45, 7) is 11.7. The minimum absolute atomic E-state index is 0.0212. The summed E-state index contributed by atoms with van der Waals surface area (Å²) >= 11 is 0. The average molecular weight is 1310 g/mol. The van der Waals surface area contributed by atoms with Gasteiger partial charge in [0.1, 0.15) is 6.10 Å². The summed E-state index contributed by atoms with van der Waals surface area (Å²) in [6.07, 6.45) is 23.9. The topological polar surface area (TPSA) is 440 Å². The van der Waals surface area contributed by atoms with Crippen molar-refractivity contribution in [3.05, 3.63) is 145 Å². The van der Waals surface area contributed by atoms with Crippen LogP contribution in [0.15, 0.2) is 150 Å². The monoisotopic (exact) mass is 1310 g/mol. The minimum atomic E-state index is -4.88. The van der Waals surface area contributed by atoms with Gasteiger partial charge in [0.25, 0.3) is 0 Å². The molecule has 0 amide bonds. The van der Waals surface area contributed by atoms with E-state index < -0.39 is 120 Å². The maximum absolute atomic E-state index is 12.0. The SMILES string of the molecule is CC(=CC=CC=CCCC=CC(C)C(O)C(C)C(O)C=CC=CC=CC=CC=CC=CCC(OS(=O)(=O)O)C(C)C(CC(O)CC(O)C=CCC(O)CC(O)CC(O)C=CCC(O)CC(O)C(O)C(O)CC(O)CC(O)CCCN=C(N)N)NCC(C)C)C(=O)O. The Labute approximate surface area is 540 Å². The number of aliphatic carboxylic acids is 1. The van der Waals surface area contributed by atoms with E-state index in [0.717, 1.165) is 12.8 Å². The number of nitrogens with two attached hydrogens (primary N) is 2. The van der Waals surface area contributed by atoms with E-state index in [0.29, 0.717) is 19.5 Å². The van der Waals surface area contributed by atoms with Gasteiger partial charge in [-0.05, 0) is 89.5 Å². The molecule has 23 nitrogen and oxygen atoms in total. The van der Waals surface area contributed by atoms with Crippen LogP contribution < -0.4 is 16.8 Å². The summed E-state index contributed by atoms with van der Waals surface area (Å²) in [7, 11) is -4.88. The molecule has 20 N–H and O–H groups in total. The molecule has 91 heavy (non-hydrogen) atoms. The third kappa shape index (κ3) is 46.6. The maximum Gasteiger partial charge on any atom is 0.397 e. The molecule has 0 rings (SSSR count). The van der Waals surface area contributed by atoms with Crippen molar-refractivity contribution in [1.82, 2.24) is 5.32 Å². The van der Waals surface area contributed by atoms with Crippen molar-refractivity contribution < 1.29 is 93.4 Å². The Bertz CT molecular complexity index is 2470. The normalized spacial score (nSPS) is 19.6. The molecule has 0 radical (unpaired) electrons. The summed E-state index contributed by atoms with van der Waals surface area (Å²) in [4.78, 5) is 14.6. The number of carboxylic acids is 1. The second-order valence-electron chi connectivity index (χ2n) is 23.7. The fraction of sp³-hybridized carbons (Fsp3) is 0.612. The number of aliphatic hydroxyl groups excluding tert-OH is 13. The number of nitrogens with zero attached hydrogens (tertiary/aromatic N) is 1. The van der Waals surface area contributed by atoms with E-state index in [9.17, 15) is 84.1 Å². The zero-order valence-corrected chi connectivity index (χ0v) is 54.7. The predicted molar refractivity (Wildman–Crippen MR) is 356 cm³/mol. The van der Waals surface area contributed by atoms with Crippen LogP contribution in [0.4, 0.5) is 0 Å². The van der Waals surface area contributed by atoms with Gasteiger partial charge >= 0.3 is 16.4 Å². The zero-order valence-electron chi connectivity index (χ0n) is 53.9. The summed E-state index contributed by atoms with van der Waals surface area (Å²) < 4.78 is 38.8. The predicted octanol–water partition coefficient (Wildman–Crippen LogP) is 4.27. The summed E-state index contributed by atoms with van der Waals surface area (Å²) in [5, 5.41) is 149. The number of hydrogen-bond donors (Lipinski definition) is 18. The van der Waals surface area contributed by atoms with Crippen molar-refractivity contribution in [2.24, 2.45) is 40.1 Å². The van der Waals surface area contributed by atoms with E-state index in [1.807, 2.05) is 45.1 Å². The molecular formula is C67H112N4O19S. The van der Waals surface area contributed by atoms with Gasteiger partial charge in [0.2, 0.25) is 0 Å². The highest BCUT2D eigenvalue weighted by Crippen LogP contribution is 2.24. The average Bonchev–Trinajstić information content (AvgIpc) is 2.98. The number of allylic oxidation sites excluding steroid dienone is 16. The van der Waals surface area contributed by atoms with Gasteiger partial charge in [0, 0.05) is 55.7 Å². The van der Waals surface area contributed by atoms with Gasteiger partial charge in [-0.25, -0.2) is 8.98 Å². The summed E-state index contributed by atoms with van der Waals surface area (Å²) in [5.41, 5.74) is 10.8. The van der Waals surface area contributed by atoms with Crippen molar-refractivity contribution in [1.29, 1.82) is 0 Å². The molecule has 0 aromatic carbocycles. The fourth-order valence-electron chi connectivity index (χ4n) is 9.24. The van der Waals surface area contributed by atoms with Gasteiger partial charge in [-0.1, -0.05) is 174 Å². The molecule has 0 aliphatic carbocycles. The molecule has 18 atom stereocenters. The Morgan fingerprint density at radius 2 is 1.01 bits per heavy atom. The van der Waals surface area contributed by atoms with Crippen LogP contribution in [-0.2, 0) is 19.4 Å². The van der Waals surface area contributed by atoms with Crippen LogP contribution in [0.2, 0.25) is 0 Å². The third-order valence-corrected chi connectivity index (χ3v) is 15.1. The van der Waals surface area contributed by atoms with Gasteiger partial charge in [-0.15, -0.1) is 0 Å². The molecule has 0 saturated carbocycles. The quantitative estimate of drug-likeness (QED) is 0.00769. The lowest BCUT2D eigenvalue weighted by Crippen LogP contribution is -2.45. The number of unbranched alkanes of at least 4 members (excludes halogenated alkanes) is 1. The van der Waals surface area contributed by atoms with Crippen LogP contribution in [0, 0.1) is 23.7 Å². The van der Waals surface area contributed by atoms with Crippen LogP contribution in [0.25, 0.3) is 0 Å². The van der Waals surface area contributed by atoms with E-state index >= 15 is 0 Å². The van der Waals surface area contributed by atoms with Gasteiger partial charge < -0.3 is 88.3 Å². The van der Waals surface area contributed by atoms with Crippen LogP contribution in [0.5, 0.6) is 0 Å². The number of aliphatic hydroxyl groups is 13. The number of hydrogen-bond acceptors (Lipinski definition) is 19. The Morgan fingerprint density at radius 1 is 0.527 bits per heavy atom. The lowest BCUT2D eigenvalue weighted by Gasteiger charge is -2.32. The van der Waals surface area contributed by atoms with E-state index in [4.69, 9.17) is 20.8 Å². The highest BCUT2D eigenvalue weighted by molar-refractivity contribution is 7.80. The van der Waals surface area contributed by atoms with Crippen LogP contribution >= 0.6 is 0 Å². The zero-order chi connectivity index (χ0) is 68.9. The van der Waals surface area contributed by atoms with Crippen LogP contribution in [0.3, 0.4) is 0 Å². The Balaban J connectivity index is 5.13. The largest absolute Gasteiger partial charge is 0.478 e. The molecule has 0 aromatic heterocycles. The number of rotatable bonds is 51. The van der Waals surface area contributed by atoms with E-state index in [2.05, 4.69) is 10.3 Å². The van der Waals surface area contributed by atoms with Crippen molar-refractivity contribution in [3.8, 4) is 0 Å². The van der Waals surface area contributed by atoms with Gasteiger partial charge in [-0.3, -0.25) is 9.55 Å². The molecule has 0 aliphatic rings. The fourth-order valence-corrected chi connectivity index (χ4v) is 9.81. The molecule has 0 aromatic rings. The number of carbonyl (C=O) groups is 1. The molecule has 0 aliphatic heterocycles. The number of guanidine groups is 1. The smallest absolute Gasteiger partial charge is 0.397 e. The summed E-state index contributed by atoms with van der Waals surface area (Å²) in [6, 6.07) is -0.526. The third-order valence-electron chi connectivity index (χ3n) is 14.6. The van der Waals surface area contributed by atoms with E-state index in [1.165, 1.54) is 37.3 Å². The molecule has 0 bridgehead atoms. The Kier molecular flexibility index (Phi) is 47.6. The lowest BCUT2D eigenvalue weighted by atomic mass is 9.88. The number of carboxylic acid groups (broad SMARTS) is 1. The molecule has 18 unspecified atom stereocenters. The number of nitrogens with one attached hydrogen (secondary N) is 1. The van der Waals surface area contributed by atoms with Crippen molar-refractivity contribution in [2.75, 3.05) is 13.1 Å². The minimum Gasteiger partial charge on any atom is -0.478 e. The lowest BCUT2D eigenvalue weighted by molar-refractivity contribution is -0.132. The molecule has 24 heteroatoms. The molecule has 0 saturated heterocycles. The molecular weight excluding hydrogens is 1200 g/mol. The maximum atomic E-state index is 12.0. The second-order valence-corrected chi connectivity index (χ2v) is 24.7. The summed E-state index contributed by atoms with van der Waals surface area (Å²) in [5.74, 6) is -2.04. The molecule has 0 heterocycles. The first-order valence-corrected chi connectivity index (χ1v) is 32.7. The Hall–Kier alpha value is -5.07. The van der Waals surface area contributed by atoms with Crippen LogP contribution in [0.1, 0.15) is 131 Å². The first kappa shape index (κ1) is 85.9. The second kappa shape index (κ2) is 50.4. The Morgan fingerprint density at radius 3 is 1.56 bits per heavy atom. The van der Waals surface area contributed by atoms with Gasteiger partial charge in [0.15, 0.2) is 5.96 Å². The van der Waals surface area contributed by atoms with Crippen molar-refractivity contribution in [2.45, 2.75) is 223 Å². The highest BCUT2D eigenvalue weighted by Gasteiger charge is 2.32. The van der Waals surface area contributed by atoms with E-state index in [-0.39, 0.29) is 94.0 Å². The van der Waals surface area contributed by atoms with Gasteiger partial charge in [-0.2, -0.15) is 8.42 Å². The van der Waals surface area contributed by atoms with Crippen molar-refractivity contribution in [3.63, 3.8) is 0 Å². The first-order valence-electron chi connectivity index (χ1n) is 31.4.